The van der Waals surface area contributed by atoms with Crippen LogP contribution in [0.2, 0.25) is 0 Å². The molecule has 168 valence electrons. The number of benzene rings is 2. The van der Waals surface area contributed by atoms with Crippen molar-refractivity contribution in [2.75, 3.05) is 0 Å². The number of ether oxygens (including phenoxy) is 1. The minimum Gasteiger partial charge on any atom is -0.493 e. The Bertz CT molecular complexity index is 1440. The van der Waals surface area contributed by atoms with Gasteiger partial charge in [0.15, 0.2) is 0 Å². The third kappa shape index (κ3) is 4.87. The molecule has 0 saturated heterocycles. The number of aliphatic imine (C=N–C) groups is 1. The average molecular weight is 452 g/mol. The van der Waals surface area contributed by atoms with E-state index in [0.29, 0.717) is 21.7 Å². The standard InChI is InChI=1S/C24H19F3N4O2/c1-3-19-20(14-28-2)29-23(30-22(19)32)33-18-7-5-17(6-8-18)31-11-10-16-12-15(4-9-21(16)31)13-24(25,26)27/h3-12,14H,2,13H2,1H3,(H,29,30,32)/b19-3+,20-14+. The van der Waals surface area contributed by atoms with E-state index in [1.165, 1.54) is 12.3 Å². The molecule has 0 bridgehead atoms. The molecule has 0 atom stereocenters. The van der Waals surface area contributed by atoms with Crippen molar-refractivity contribution in [1.82, 2.24) is 14.5 Å². The summed E-state index contributed by atoms with van der Waals surface area (Å²) in [6, 6.07) is 13.4. The van der Waals surface area contributed by atoms with Crippen molar-refractivity contribution < 1.29 is 23.0 Å². The molecule has 0 radical (unpaired) electrons. The fourth-order valence-corrected chi connectivity index (χ4v) is 3.50. The summed E-state index contributed by atoms with van der Waals surface area (Å²) >= 11 is 0. The third-order valence-corrected chi connectivity index (χ3v) is 4.92. The number of halogens is 3. The topological polar surface area (TPSA) is 72.5 Å². The van der Waals surface area contributed by atoms with E-state index in [9.17, 15) is 18.3 Å². The molecular weight excluding hydrogens is 433 g/mol. The Labute approximate surface area is 186 Å². The molecule has 2 aromatic heterocycles. The van der Waals surface area contributed by atoms with Gasteiger partial charge in [0.25, 0.3) is 0 Å². The first kappa shape index (κ1) is 22.1. The van der Waals surface area contributed by atoms with Gasteiger partial charge in [0.1, 0.15) is 5.75 Å². The minimum atomic E-state index is -4.25. The molecule has 0 aliphatic rings. The van der Waals surface area contributed by atoms with Crippen LogP contribution in [-0.2, 0) is 6.42 Å². The summed E-state index contributed by atoms with van der Waals surface area (Å²) in [7, 11) is 0. The lowest BCUT2D eigenvalue weighted by Crippen LogP contribution is -2.29. The van der Waals surface area contributed by atoms with Crippen molar-refractivity contribution >= 4 is 29.9 Å². The Balaban J connectivity index is 1.60. The molecule has 4 rings (SSSR count). The number of hydrogen-bond donors (Lipinski definition) is 1. The fraction of sp³-hybridized carbons (Fsp3) is 0.125. The highest BCUT2D eigenvalue weighted by molar-refractivity contribution is 5.82. The van der Waals surface area contributed by atoms with Crippen LogP contribution in [0.1, 0.15) is 12.5 Å². The first-order valence-corrected chi connectivity index (χ1v) is 9.92. The minimum absolute atomic E-state index is 0.0515. The van der Waals surface area contributed by atoms with Crippen molar-refractivity contribution in [1.29, 1.82) is 0 Å². The Morgan fingerprint density at radius 1 is 1.12 bits per heavy atom. The van der Waals surface area contributed by atoms with Crippen molar-refractivity contribution in [3.05, 3.63) is 70.9 Å². The van der Waals surface area contributed by atoms with Crippen LogP contribution in [0.25, 0.3) is 28.9 Å². The van der Waals surface area contributed by atoms with E-state index in [4.69, 9.17) is 4.74 Å². The van der Waals surface area contributed by atoms with Crippen LogP contribution < -0.4 is 15.3 Å². The lowest BCUT2D eigenvalue weighted by Gasteiger charge is -2.09. The van der Waals surface area contributed by atoms with Crippen LogP contribution in [0, 0.1) is 0 Å². The molecule has 9 heteroatoms. The van der Waals surface area contributed by atoms with Crippen molar-refractivity contribution in [3.8, 4) is 23.3 Å². The van der Waals surface area contributed by atoms with Gasteiger partial charge in [-0.15, -0.1) is 0 Å². The van der Waals surface area contributed by atoms with E-state index in [-0.39, 0.29) is 17.5 Å². The molecule has 0 saturated carbocycles. The smallest absolute Gasteiger partial charge is 0.393 e. The van der Waals surface area contributed by atoms with E-state index >= 15 is 0 Å². The highest BCUT2D eigenvalue weighted by Crippen LogP contribution is 2.27. The third-order valence-electron chi connectivity index (χ3n) is 4.92. The summed E-state index contributed by atoms with van der Waals surface area (Å²) in [6.07, 6.45) is -0.369. The molecule has 0 fully saturated rings. The van der Waals surface area contributed by atoms with Gasteiger partial charge in [-0.2, -0.15) is 23.1 Å². The Kier molecular flexibility index (Phi) is 5.87. The molecule has 2 heterocycles. The number of alkyl halides is 3. The zero-order chi connectivity index (χ0) is 23.6. The number of hydrogen-bond acceptors (Lipinski definition) is 5. The molecule has 0 amide bonds. The van der Waals surface area contributed by atoms with Crippen LogP contribution >= 0.6 is 0 Å². The van der Waals surface area contributed by atoms with Gasteiger partial charge in [-0.1, -0.05) is 12.1 Å². The van der Waals surface area contributed by atoms with Gasteiger partial charge in [0.2, 0.25) is 5.88 Å². The van der Waals surface area contributed by atoms with Crippen molar-refractivity contribution in [2.45, 2.75) is 19.5 Å². The molecule has 0 spiro atoms. The van der Waals surface area contributed by atoms with E-state index in [0.717, 1.165) is 11.2 Å². The number of aromatic hydroxyl groups is 1. The summed E-state index contributed by atoms with van der Waals surface area (Å²) in [5.74, 6) is 0.200. The summed E-state index contributed by atoms with van der Waals surface area (Å²) in [5.41, 5.74) is 1.80. The van der Waals surface area contributed by atoms with E-state index in [1.807, 2.05) is 4.57 Å². The SMILES string of the molecule is C=N/C=c1/nc(Oc2ccc(-n3ccc4cc(CC(F)(F)F)ccc43)cc2)nc(O)/c1=C/C. The normalized spacial score (nSPS) is 13.0. The average Bonchev–Trinajstić information content (AvgIpc) is 3.16. The molecule has 0 aliphatic heterocycles. The fourth-order valence-electron chi connectivity index (χ4n) is 3.50. The largest absolute Gasteiger partial charge is 0.493 e. The van der Waals surface area contributed by atoms with Gasteiger partial charge in [0.05, 0.1) is 28.7 Å². The number of rotatable bonds is 5. The maximum absolute atomic E-state index is 12.7. The zero-order valence-electron chi connectivity index (χ0n) is 17.5. The molecule has 2 aromatic carbocycles. The van der Waals surface area contributed by atoms with Crippen molar-refractivity contribution in [3.63, 3.8) is 0 Å². The van der Waals surface area contributed by atoms with Crippen LogP contribution in [-0.4, -0.2) is 32.5 Å². The Hall–Kier alpha value is -4.14. The zero-order valence-corrected chi connectivity index (χ0v) is 17.5. The lowest BCUT2D eigenvalue weighted by atomic mass is 10.1. The predicted molar refractivity (Wildman–Crippen MR) is 120 cm³/mol. The second kappa shape index (κ2) is 8.78. The molecule has 33 heavy (non-hydrogen) atoms. The van der Waals surface area contributed by atoms with Crippen LogP contribution in [0.5, 0.6) is 17.6 Å². The summed E-state index contributed by atoms with van der Waals surface area (Å²) in [6.45, 7) is 5.13. The first-order chi connectivity index (χ1) is 15.8. The van der Waals surface area contributed by atoms with Gasteiger partial charge in [0, 0.05) is 17.3 Å². The molecule has 1 N–H and O–H groups in total. The molecular formula is C24H19F3N4O2. The summed E-state index contributed by atoms with van der Waals surface area (Å²) in [5, 5.41) is 11.6. The molecule has 6 nitrogen and oxygen atoms in total. The quantitative estimate of drug-likeness (QED) is 0.460. The Morgan fingerprint density at radius 2 is 1.88 bits per heavy atom. The second-order valence-electron chi connectivity index (χ2n) is 7.20. The number of nitrogens with zero attached hydrogens (tertiary/aromatic N) is 4. The second-order valence-corrected chi connectivity index (χ2v) is 7.20. The van der Waals surface area contributed by atoms with Gasteiger partial charge >= 0.3 is 12.2 Å². The van der Waals surface area contributed by atoms with Gasteiger partial charge in [-0.05, 0) is 61.7 Å². The van der Waals surface area contributed by atoms with E-state index in [2.05, 4.69) is 21.7 Å². The predicted octanol–water partition coefficient (Wildman–Crippen LogP) is 4.26. The maximum Gasteiger partial charge on any atom is 0.393 e. The van der Waals surface area contributed by atoms with Gasteiger partial charge in [-0.3, -0.25) is 4.99 Å². The Morgan fingerprint density at radius 3 is 2.55 bits per heavy atom. The number of fused-ring (bicyclic) bond motifs is 1. The molecule has 0 aliphatic carbocycles. The lowest BCUT2D eigenvalue weighted by molar-refractivity contribution is -0.127. The van der Waals surface area contributed by atoms with Crippen LogP contribution in [0.4, 0.5) is 13.2 Å². The highest BCUT2D eigenvalue weighted by Gasteiger charge is 2.27. The van der Waals surface area contributed by atoms with Gasteiger partial charge in [-0.25, -0.2) is 0 Å². The van der Waals surface area contributed by atoms with E-state index < -0.39 is 12.6 Å². The maximum atomic E-state index is 12.7. The number of aromatic nitrogens is 3. The van der Waals surface area contributed by atoms with Gasteiger partial charge < -0.3 is 14.4 Å². The van der Waals surface area contributed by atoms with E-state index in [1.54, 1.807) is 61.7 Å². The molecule has 4 aromatic rings. The van der Waals surface area contributed by atoms with Crippen LogP contribution in [0.3, 0.4) is 0 Å². The van der Waals surface area contributed by atoms with Crippen molar-refractivity contribution in [2.24, 2.45) is 4.99 Å². The van der Waals surface area contributed by atoms with Crippen LogP contribution in [0.15, 0.2) is 59.7 Å². The highest BCUT2D eigenvalue weighted by atomic mass is 19.4. The summed E-state index contributed by atoms with van der Waals surface area (Å²) in [4.78, 5) is 11.9. The first-order valence-electron chi connectivity index (χ1n) is 9.92. The summed E-state index contributed by atoms with van der Waals surface area (Å²) < 4.78 is 45.6. The monoisotopic (exact) mass is 452 g/mol. The molecule has 0 unspecified atom stereocenters.